The van der Waals surface area contributed by atoms with Crippen LogP contribution in [0.4, 0.5) is 0 Å². The van der Waals surface area contributed by atoms with Crippen molar-refractivity contribution in [1.29, 1.82) is 0 Å². The Balaban J connectivity index is 1.50. The van der Waals surface area contributed by atoms with Gasteiger partial charge in [-0.25, -0.2) is 4.79 Å². The van der Waals surface area contributed by atoms with Gasteiger partial charge < -0.3 is 100 Å². The summed E-state index contributed by atoms with van der Waals surface area (Å²) in [5, 5.41) is 136. The molecule has 546 valence electrons. The van der Waals surface area contributed by atoms with Gasteiger partial charge in [0, 0.05) is 19.8 Å². The first-order valence-electron chi connectivity index (χ1n) is 36.5. The summed E-state index contributed by atoms with van der Waals surface area (Å²) in [6.45, 7) is 2.20. The quantitative estimate of drug-likeness (QED) is 0.0207. The first-order valence-corrected chi connectivity index (χ1v) is 36.5. The lowest BCUT2D eigenvalue weighted by Gasteiger charge is -2.50. The number of ether oxygens (including phenoxy) is 6. The second-order valence-electron chi connectivity index (χ2n) is 26.8. The fraction of sp³-hybridized carbons (Fsp3) is 0.929. The highest BCUT2D eigenvalue weighted by molar-refractivity contribution is 5.77. The largest absolute Gasteiger partial charge is 0.477 e. The van der Waals surface area contributed by atoms with Crippen LogP contribution < -0.4 is 10.6 Å². The van der Waals surface area contributed by atoms with E-state index in [1.807, 2.05) is 0 Å². The molecule has 3 rings (SSSR count). The molecule has 93 heavy (non-hydrogen) atoms. The lowest BCUT2D eigenvalue weighted by Crippen LogP contribution is -2.70. The van der Waals surface area contributed by atoms with Gasteiger partial charge in [0.1, 0.15) is 67.1 Å². The molecule has 18 unspecified atom stereocenters. The summed E-state index contributed by atoms with van der Waals surface area (Å²) in [5.74, 6) is -6.10. The number of carboxylic acid groups (broad SMARTS) is 1. The van der Waals surface area contributed by atoms with E-state index in [0.717, 1.165) is 58.3 Å². The van der Waals surface area contributed by atoms with E-state index in [1.165, 1.54) is 173 Å². The molecule has 14 N–H and O–H groups in total. The van der Waals surface area contributed by atoms with E-state index in [2.05, 4.69) is 36.6 Å². The summed E-state index contributed by atoms with van der Waals surface area (Å²) in [6, 6.07) is -2.53. The number of hydrogen-bond donors (Lipinski definition) is 14. The van der Waals surface area contributed by atoms with E-state index < -0.39 is 148 Å². The van der Waals surface area contributed by atoms with Crippen LogP contribution in [-0.4, -0.2) is 215 Å². The van der Waals surface area contributed by atoms with Crippen LogP contribution in [0.2, 0.25) is 0 Å². The monoisotopic (exact) mass is 1330 g/mol. The molecule has 23 heteroatoms. The Morgan fingerprint density at radius 2 is 1.00 bits per heavy atom. The molecule has 0 aromatic carbocycles. The molecule has 3 heterocycles. The van der Waals surface area contributed by atoms with Crippen molar-refractivity contribution in [1.82, 2.24) is 10.6 Å². The van der Waals surface area contributed by atoms with Gasteiger partial charge >= 0.3 is 5.97 Å². The van der Waals surface area contributed by atoms with E-state index >= 15 is 0 Å². The Morgan fingerprint density at radius 1 is 0.548 bits per heavy atom. The summed E-state index contributed by atoms with van der Waals surface area (Å²) in [5.41, 5.74) is 0. The number of nitrogens with one attached hydrogen (secondary N) is 2. The highest BCUT2D eigenvalue weighted by atomic mass is 16.8. The van der Waals surface area contributed by atoms with Crippen molar-refractivity contribution >= 4 is 17.8 Å². The third kappa shape index (κ3) is 32.8. The minimum atomic E-state index is -3.08. The maximum Gasteiger partial charge on any atom is 0.364 e. The number of carboxylic acids is 1. The number of aliphatic hydroxyl groups excluding tert-OH is 11. The molecule has 0 aliphatic carbocycles. The van der Waals surface area contributed by atoms with Crippen LogP contribution in [0.5, 0.6) is 0 Å². The van der Waals surface area contributed by atoms with Gasteiger partial charge in [-0.05, 0) is 38.5 Å². The molecule has 0 radical (unpaired) electrons. The maximum atomic E-state index is 13.5. The van der Waals surface area contributed by atoms with E-state index in [0.29, 0.717) is 19.3 Å². The Morgan fingerprint density at radius 3 is 1.45 bits per heavy atom. The first kappa shape index (κ1) is 84.7. The van der Waals surface area contributed by atoms with Crippen molar-refractivity contribution in [3.05, 3.63) is 12.2 Å². The standard InChI is InChI=1S/C70H130N2O21/c1-4-6-8-10-12-14-16-17-18-19-20-21-22-23-24-25-26-27-28-29-30-31-32-34-36-38-40-42-44-57(80)72-51(52(77)43-41-39-37-35-33-15-13-11-9-7-5-2)49-88-67-62(84)61(83)64(56(48-75)90-67)91-68-63(85)66(60(82)55(47-74)89-68)93-70(69(86)87)45-53(78)58(71-50(3)76)65(92-70)59(81)54(79)46-73/h23-24,51-56,58-68,73-75,77-79,81-85H,4-22,25-49H2,1-3H3,(H,71,76)(H,72,80)(H,86,87)/b24-23-. The number of rotatable bonds is 56. The van der Waals surface area contributed by atoms with Gasteiger partial charge in [0.2, 0.25) is 11.8 Å². The number of allylic oxidation sites excluding steroid dienone is 2. The maximum absolute atomic E-state index is 13.5. The summed E-state index contributed by atoms with van der Waals surface area (Å²) in [6.07, 6.45) is 21.0. The van der Waals surface area contributed by atoms with Crippen molar-refractivity contribution in [2.45, 2.75) is 387 Å². The second-order valence-corrected chi connectivity index (χ2v) is 26.8. The summed E-state index contributed by atoms with van der Waals surface area (Å²) in [7, 11) is 0. The Labute approximate surface area is 556 Å². The van der Waals surface area contributed by atoms with Crippen LogP contribution in [0.1, 0.15) is 278 Å². The molecule has 3 fully saturated rings. The Bertz CT molecular complexity index is 1930. The van der Waals surface area contributed by atoms with Crippen molar-refractivity contribution in [3.63, 3.8) is 0 Å². The zero-order valence-electron chi connectivity index (χ0n) is 57.1. The van der Waals surface area contributed by atoms with Gasteiger partial charge in [-0.1, -0.05) is 231 Å². The van der Waals surface area contributed by atoms with Crippen LogP contribution in [0.25, 0.3) is 0 Å². The van der Waals surface area contributed by atoms with Gasteiger partial charge in [0.25, 0.3) is 5.79 Å². The van der Waals surface area contributed by atoms with Gasteiger partial charge in [-0.2, -0.15) is 0 Å². The average molecular weight is 1340 g/mol. The van der Waals surface area contributed by atoms with Crippen molar-refractivity contribution in [2.24, 2.45) is 0 Å². The number of unbranched alkanes of at least 4 members (excludes halogenated alkanes) is 34. The number of aliphatic hydroxyl groups is 11. The molecule has 0 bridgehead atoms. The van der Waals surface area contributed by atoms with Gasteiger partial charge in [0.15, 0.2) is 12.6 Å². The molecule has 23 nitrogen and oxygen atoms in total. The number of aliphatic carboxylic acids is 1. The predicted molar refractivity (Wildman–Crippen MR) is 352 cm³/mol. The first-order chi connectivity index (χ1) is 44.9. The lowest BCUT2D eigenvalue weighted by molar-refractivity contribution is -0.386. The van der Waals surface area contributed by atoms with Crippen LogP contribution >= 0.6 is 0 Å². The van der Waals surface area contributed by atoms with E-state index in [9.17, 15) is 75.7 Å². The van der Waals surface area contributed by atoms with Crippen molar-refractivity contribution < 1.29 is 104 Å². The SMILES string of the molecule is CCCCCCCCCCCCCC/C=C\CCCCCCCCCCCCCCC(=O)NC(COC1OC(CO)C(OC2OC(CO)C(O)C(OC3(C(=O)O)CC(O)C(NC(C)=O)C(C(O)C(O)CO)O3)C2O)C(O)C1O)C(O)CCCCCCCCCCCCC. The minimum absolute atomic E-state index is 0.225. The van der Waals surface area contributed by atoms with Gasteiger partial charge in [0.05, 0.1) is 50.7 Å². The third-order valence-electron chi connectivity index (χ3n) is 18.7. The molecular formula is C70H130N2O21. The zero-order valence-corrected chi connectivity index (χ0v) is 57.1. The summed E-state index contributed by atoms with van der Waals surface area (Å²) >= 11 is 0. The molecule has 2 amide bonds. The molecule has 0 aromatic rings. The second kappa shape index (κ2) is 50.7. The molecule has 3 aliphatic rings. The molecular weight excluding hydrogens is 1200 g/mol. The molecule has 0 saturated carbocycles. The van der Waals surface area contributed by atoms with Crippen molar-refractivity contribution in [2.75, 3.05) is 26.4 Å². The summed E-state index contributed by atoms with van der Waals surface area (Å²) < 4.78 is 34.8. The normalized spacial score (nSPS) is 28.1. The highest BCUT2D eigenvalue weighted by Gasteiger charge is 2.60. The number of carbonyl (C=O) groups excluding carboxylic acids is 2. The highest BCUT2D eigenvalue weighted by Crippen LogP contribution is 2.39. The molecule has 3 saturated heterocycles. The predicted octanol–water partition coefficient (Wildman–Crippen LogP) is 7.46. The zero-order chi connectivity index (χ0) is 68.2. The molecule has 18 atom stereocenters. The van der Waals surface area contributed by atoms with Gasteiger partial charge in [-0.3, -0.25) is 9.59 Å². The fourth-order valence-electron chi connectivity index (χ4n) is 12.9. The average Bonchev–Trinajstić information content (AvgIpc) is 0.764. The Kier molecular flexibility index (Phi) is 46.2. The molecule has 3 aliphatic heterocycles. The van der Waals surface area contributed by atoms with Crippen molar-refractivity contribution in [3.8, 4) is 0 Å². The van der Waals surface area contributed by atoms with E-state index in [-0.39, 0.29) is 18.9 Å². The fourth-order valence-corrected chi connectivity index (χ4v) is 12.9. The van der Waals surface area contributed by atoms with E-state index in [4.69, 9.17) is 28.4 Å². The molecule has 0 aromatic heterocycles. The number of amides is 2. The number of hydrogen-bond acceptors (Lipinski definition) is 20. The lowest BCUT2D eigenvalue weighted by atomic mass is 9.88. The summed E-state index contributed by atoms with van der Waals surface area (Å²) in [4.78, 5) is 38.5. The van der Waals surface area contributed by atoms with Gasteiger partial charge in [-0.15, -0.1) is 0 Å². The molecule has 0 spiro atoms. The smallest absolute Gasteiger partial charge is 0.364 e. The van der Waals surface area contributed by atoms with Crippen LogP contribution in [0, 0.1) is 0 Å². The van der Waals surface area contributed by atoms with Crippen LogP contribution in [0.15, 0.2) is 12.2 Å². The number of carbonyl (C=O) groups is 3. The third-order valence-corrected chi connectivity index (χ3v) is 18.7. The topological polar surface area (TPSA) is 373 Å². The minimum Gasteiger partial charge on any atom is -0.477 e. The van der Waals surface area contributed by atoms with Crippen LogP contribution in [-0.2, 0) is 42.8 Å². The Hall–Kier alpha value is -2.53. The van der Waals surface area contributed by atoms with Crippen LogP contribution in [0.3, 0.4) is 0 Å². The van der Waals surface area contributed by atoms with E-state index in [1.54, 1.807) is 0 Å².